The fraction of sp³-hybridized carbons (Fsp3) is 0.500. The van der Waals surface area contributed by atoms with E-state index < -0.39 is 6.10 Å². The lowest BCUT2D eigenvalue weighted by atomic mass is 9.89. The summed E-state index contributed by atoms with van der Waals surface area (Å²) in [6.07, 6.45) is -0.442. The summed E-state index contributed by atoms with van der Waals surface area (Å²) in [7, 11) is 0. The molecule has 1 amide bonds. The maximum atomic E-state index is 11.8. The van der Waals surface area contributed by atoms with E-state index in [1.807, 2.05) is 20.8 Å². The monoisotopic (exact) mass is 303 g/mol. The van der Waals surface area contributed by atoms with Crippen LogP contribution in [-0.2, 0) is 11.2 Å². The van der Waals surface area contributed by atoms with Crippen molar-refractivity contribution in [2.45, 2.75) is 33.3 Å². The molecule has 0 spiro atoms. The van der Waals surface area contributed by atoms with E-state index in [1.54, 1.807) is 18.2 Å². The second-order valence-corrected chi connectivity index (χ2v) is 6.44. The van der Waals surface area contributed by atoms with Gasteiger partial charge in [0.05, 0.1) is 12.5 Å². The zero-order valence-corrected chi connectivity index (χ0v) is 12.8. The minimum absolute atomic E-state index is 0.149. The number of benzene rings is 1. The fourth-order valence-electron chi connectivity index (χ4n) is 1.43. The summed E-state index contributed by atoms with van der Waals surface area (Å²) in [5.74, 6) is -0.188. The van der Waals surface area contributed by atoms with Gasteiger partial charge in [0.15, 0.2) is 0 Å². The first-order valence-corrected chi connectivity index (χ1v) is 6.84. The number of aliphatic hydroxyl groups excluding tert-OH is 1. The molecule has 0 bridgehead atoms. The van der Waals surface area contributed by atoms with Crippen molar-refractivity contribution in [2.24, 2.45) is 5.41 Å². The predicted molar refractivity (Wildman–Crippen MR) is 78.6 cm³/mol. The molecular weight excluding hydrogens is 285 g/mol. The Bertz CT molecular complexity index is 455. The van der Waals surface area contributed by atoms with E-state index in [0.29, 0.717) is 15.6 Å². The lowest BCUT2D eigenvalue weighted by molar-refractivity contribution is -0.121. The van der Waals surface area contributed by atoms with Crippen LogP contribution in [0.5, 0.6) is 0 Å². The highest BCUT2D eigenvalue weighted by atomic mass is 35.5. The minimum atomic E-state index is -0.591. The van der Waals surface area contributed by atoms with Crippen LogP contribution in [0, 0.1) is 5.41 Å². The zero-order valence-electron chi connectivity index (χ0n) is 11.3. The number of hydrogen-bond acceptors (Lipinski definition) is 2. The van der Waals surface area contributed by atoms with Crippen LogP contribution in [-0.4, -0.2) is 23.7 Å². The quantitative estimate of drug-likeness (QED) is 0.898. The molecule has 1 unspecified atom stereocenters. The highest BCUT2D eigenvalue weighted by Gasteiger charge is 2.22. The lowest BCUT2D eigenvalue weighted by Gasteiger charge is -2.25. The Morgan fingerprint density at radius 3 is 2.58 bits per heavy atom. The van der Waals surface area contributed by atoms with Crippen LogP contribution >= 0.6 is 23.2 Å². The molecule has 0 aliphatic heterocycles. The van der Waals surface area contributed by atoms with Gasteiger partial charge < -0.3 is 10.4 Å². The number of rotatable bonds is 4. The number of hydrogen-bond donors (Lipinski definition) is 2. The molecule has 0 aromatic heterocycles. The second kappa shape index (κ2) is 6.60. The van der Waals surface area contributed by atoms with Crippen LogP contribution in [0.25, 0.3) is 0 Å². The lowest BCUT2D eigenvalue weighted by Crippen LogP contribution is -2.39. The molecule has 5 heteroatoms. The largest absolute Gasteiger partial charge is 0.391 e. The van der Waals surface area contributed by atoms with E-state index in [2.05, 4.69) is 5.32 Å². The molecule has 0 radical (unpaired) electrons. The Labute approximate surface area is 123 Å². The van der Waals surface area contributed by atoms with Crippen LogP contribution in [0.2, 0.25) is 10.0 Å². The van der Waals surface area contributed by atoms with Gasteiger partial charge in [0, 0.05) is 16.6 Å². The van der Waals surface area contributed by atoms with Gasteiger partial charge in [-0.25, -0.2) is 0 Å². The Kier molecular flexibility index (Phi) is 5.65. The fourth-order valence-corrected chi connectivity index (χ4v) is 1.81. The number of nitrogens with one attached hydrogen (secondary N) is 1. The van der Waals surface area contributed by atoms with Crippen LogP contribution < -0.4 is 5.32 Å². The van der Waals surface area contributed by atoms with Gasteiger partial charge in [0.1, 0.15) is 0 Å². The number of carbonyl (C=O) groups is 1. The normalized spacial score (nSPS) is 13.2. The molecule has 0 saturated heterocycles. The molecule has 0 saturated carbocycles. The van der Waals surface area contributed by atoms with E-state index in [0.717, 1.165) is 0 Å². The highest BCUT2D eigenvalue weighted by molar-refractivity contribution is 6.33. The Balaban J connectivity index is 2.54. The van der Waals surface area contributed by atoms with Crippen molar-refractivity contribution in [2.75, 3.05) is 6.54 Å². The van der Waals surface area contributed by atoms with Gasteiger partial charge in [-0.2, -0.15) is 0 Å². The zero-order chi connectivity index (χ0) is 14.6. The first-order valence-electron chi connectivity index (χ1n) is 6.09. The molecule has 0 heterocycles. The Hall–Kier alpha value is -0.770. The van der Waals surface area contributed by atoms with Crippen molar-refractivity contribution in [3.63, 3.8) is 0 Å². The third-order valence-electron chi connectivity index (χ3n) is 2.85. The Morgan fingerprint density at radius 2 is 2.00 bits per heavy atom. The molecule has 106 valence electrons. The summed E-state index contributed by atoms with van der Waals surface area (Å²) in [6, 6.07) is 5.01. The molecule has 1 rings (SSSR count). The van der Waals surface area contributed by atoms with Crippen molar-refractivity contribution >= 4 is 29.1 Å². The van der Waals surface area contributed by atoms with Gasteiger partial charge in [-0.15, -0.1) is 0 Å². The van der Waals surface area contributed by atoms with Crippen molar-refractivity contribution < 1.29 is 9.90 Å². The molecular formula is C14H19Cl2NO2. The second-order valence-electron chi connectivity index (χ2n) is 5.60. The number of aliphatic hydroxyl groups is 1. The molecule has 2 N–H and O–H groups in total. The summed E-state index contributed by atoms with van der Waals surface area (Å²) in [5.41, 5.74) is 0.415. The van der Waals surface area contributed by atoms with E-state index >= 15 is 0 Å². The third kappa shape index (κ3) is 5.39. The average Bonchev–Trinajstić information content (AvgIpc) is 2.29. The summed E-state index contributed by atoms with van der Waals surface area (Å²) < 4.78 is 0. The molecule has 0 aliphatic carbocycles. The highest BCUT2D eigenvalue weighted by Crippen LogP contribution is 2.21. The Morgan fingerprint density at radius 1 is 1.37 bits per heavy atom. The molecule has 0 aliphatic rings. The van der Waals surface area contributed by atoms with Gasteiger partial charge in [-0.1, -0.05) is 44.0 Å². The van der Waals surface area contributed by atoms with Crippen molar-refractivity contribution in [3.05, 3.63) is 33.8 Å². The standard InChI is InChI=1S/C14H19Cl2NO2/c1-14(2,3)12(18)8-17-13(19)7-9-6-10(15)4-5-11(9)16/h4-6,12,18H,7-8H2,1-3H3,(H,17,19). The van der Waals surface area contributed by atoms with Crippen molar-refractivity contribution in [3.8, 4) is 0 Å². The number of amides is 1. The van der Waals surface area contributed by atoms with E-state index in [4.69, 9.17) is 23.2 Å². The third-order valence-corrected chi connectivity index (χ3v) is 3.45. The smallest absolute Gasteiger partial charge is 0.224 e. The summed E-state index contributed by atoms with van der Waals surface area (Å²) in [6.45, 7) is 5.97. The summed E-state index contributed by atoms with van der Waals surface area (Å²) >= 11 is 11.8. The van der Waals surface area contributed by atoms with E-state index in [1.165, 1.54) is 0 Å². The van der Waals surface area contributed by atoms with Crippen LogP contribution in [0.3, 0.4) is 0 Å². The van der Waals surface area contributed by atoms with E-state index in [9.17, 15) is 9.90 Å². The van der Waals surface area contributed by atoms with Crippen molar-refractivity contribution in [1.82, 2.24) is 5.32 Å². The van der Waals surface area contributed by atoms with Gasteiger partial charge in [0.25, 0.3) is 0 Å². The van der Waals surface area contributed by atoms with Crippen LogP contribution in [0.15, 0.2) is 18.2 Å². The molecule has 1 aromatic carbocycles. The molecule has 1 aromatic rings. The van der Waals surface area contributed by atoms with Crippen LogP contribution in [0.4, 0.5) is 0 Å². The first kappa shape index (κ1) is 16.3. The van der Waals surface area contributed by atoms with Gasteiger partial charge in [-0.05, 0) is 29.2 Å². The van der Waals surface area contributed by atoms with E-state index in [-0.39, 0.29) is 24.3 Å². The topological polar surface area (TPSA) is 49.3 Å². The minimum Gasteiger partial charge on any atom is -0.391 e. The molecule has 0 fully saturated rings. The van der Waals surface area contributed by atoms with Crippen LogP contribution in [0.1, 0.15) is 26.3 Å². The average molecular weight is 304 g/mol. The number of carbonyl (C=O) groups excluding carboxylic acids is 1. The SMILES string of the molecule is CC(C)(C)C(O)CNC(=O)Cc1cc(Cl)ccc1Cl. The maximum absolute atomic E-state index is 11.8. The van der Waals surface area contributed by atoms with Crippen molar-refractivity contribution in [1.29, 1.82) is 0 Å². The first-order chi connectivity index (χ1) is 8.70. The predicted octanol–water partition coefficient (Wildman–Crippen LogP) is 3.06. The summed E-state index contributed by atoms with van der Waals surface area (Å²) in [5, 5.41) is 13.6. The molecule has 3 nitrogen and oxygen atoms in total. The molecule has 1 atom stereocenters. The van der Waals surface area contributed by atoms with Gasteiger partial charge in [0.2, 0.25) is 5.91 Å². The number of halogens is 2. The van der Waals surface area contributed by atoms with Gasteiger partial charge >= 0.3 is 0 Å². The van der Waals surface area contributed by atoms with Gasteiger partial charge in [-0.3, -0.25) is 4.79 Å². The maximum Gasteiger partial charge on any atom is 0.224 e. The summed E-state index contributed by atoms with van der Waals surface area (Å²) in [4.78, 5) is 11.8. The molecule has 19 heavy (non-hydrogen) atoms.